The summed E-state index contributed by atoms with van der Waals surface area (Å²) in [5.74, 6) is -1.67. The molecule has 0 aromatic carbocycles. The van der Waals surface area contributed by atoms with Gasteiger partial charge in [0, 0.05) is 54.8 Å². The number of rotatable bonds is 3. The van der Waals surface area contributed by atoms with Crippen molar-refractivity contribution in [2.75, 3.05) is 6.61 Å². The maximum Gasteiger partial charge on any atom is 0.303 e. The molecule has 1 spiro atoms. The Labute approximate surface area is 188 Å². The Morgan fingerprint density at radius 2 is 1.78 bits per heavy atom. The Balaban J connectivity index is 1.70. The van der Waals surface area contributed by atoms with Gasteiger partial charge in [-0.3, -0.25) is 14.4 Å². The van der Waals surface area contributed by atoms with Gasteiger partial charge in [0.15, 0.2) is 0 Å². The number of hydrogen-bond donors (Lipinski definition) is 2. The number of esters is 2. The molecule has 2 heterocycles. The summed E-state index contributed by atoms with van der Waals surface area (Å²) in [6, 6.07) is 0. The maximum absolute atomic E-state index is 13.9. The Kier molecular flexibility index (Phi) is 4.56. The maximum atomic E-state index is 13.9. The van der Waals surface area contributed by atoms with Crippen molar-refractivity contribution < 1.29 is 38.8 Å². The molecule has 2 aliphatic heterocycles. The number of aliphatic hydroxyl groups is 2. The lowest BCUT2D eigenvalue weighted by molar-refractivity contribution is -0.297. The third kappa shape index (κ3) is 2.41. The van der Waals surface area contributed by atoms with Gasteiger partial charge in [0.1, 0.15) is 23.6 Å². The van der Waals surface area contributed by atoms with E-state index in [-0.39, 0.29) is 43.2 Å². The molecule has 4 aliphatic carbocycles. The van der Waals surface area contributed by atoms with E-state index in [1.807, 2.05) is 20.8 Å². The molecule has 10 atom stereocenters. The summed E-state index contributed by atoms with van der Waals surface area (Å²) in [5, 5.41) is 21.3. The molecule has 178 valence electrons. The van der Waals surface area contributed by atoms with Gasteiger partial charge in [0.25, 0.3) is 0 Å². The number of ketones is 1. The lowest BCUT2D eigenvalue weighted by Gasteiger charge is -2.68. The highest BCUT2D eigenvalue weighted by Crippen LogP contribution is 2.76. The monoisotopic (exact) mass is 450 g/mol. The average Bonchev–Trinajstić information content (AvgIpc) is 3.04. The van der Waals surface area contributed by atoms with Gasteiger partial charge in [-0.2, -0.15) is 0 Å². The van der Waals surface area contributed by atoms with Gasteiger partial charge in [-0.05, 0) is 18.8 Å². The van der Waals surface area contributed by atoms with Gasteiger partial charge in [-0.1, -0.05) is 20.8 Å². The minimum atomic E-state index is -0.989. The molecule has 6 rings (SSSR count). The molecular weight excluding hydrogens is 416 g/mol. The van der Waals surface area contributed by atoms with Crippen LogP contribution in [-0.2, 0) is 28.6 Å². The fourth-order valence-electron chi connectivity index (χ4n) is 9.17. The van der Waals surface area contributed by atoms with Crippen LogP contribution in [0.4, 0.5) is 0 Å². The molecule has 8 nitrogen and oxygen atoms in total. The van der Waals surface area contributed by atoms with Crippen LogP contribution in [0.1, 0.15) is 60.3 Å². The highest BCUT2D eigenvalue weighted by Gasteiger charge is 2.83. The van der Waals surface area contributed by atoms with Crippen LogP contribution < -0.4 is 0 Å². The van der Waals surface area contributed by atoms with Gasteiger partial charge < -0.3 is 24.4 Å². The van der Waals surface area contributed by atoms with Crippen LogP contribution in [0.2, 0.25) is 0 Å². The molecule has 6 fully saturated rings. The molecule has 4 saturated carbocycles. The number of ether oxygens (including phenoxy) is 3. The van der Waals surface area contributed by atoms with Gasteiger partial charge >= 0.3 is 11.9 Å². The highest BCUT2D eigenvalue weighted by molar-refractivity contribution is 5.86. The summed E-state index contributed by atoms with van der Waals surface area (Å²) in [6.45, 7) is 8.22. The second kappa shape index (κ2) is 6.54. The Morgan fingerprint density at radius 1 is 1.12 bits per heavy atom. The van der Waals surface area contributed by atoms with Crippen LogP contribution >= 0.6 is 0 Å². The third-order valence-corrected chi connectivity index (χ3v) is 9.85. The molecule has 2 saturated heterocycles. The van der Waals surface area contributed by atoms with Crippen molar-refractivity contribution in [1.82, 2.24) is 0 Å². The minimum Gasteiger partial charge on any atom is -0.462 e. The molecule has 4 bridgehead atoms. The number of hydrogen-bond acceptors (Lipinski definition) is 8. The molecule has 8 heteroatoms. The number of Topliss-reactive ketones (excluding diaryl/α,β-unsaturated/α-hetero) is 1. The largest absolute Gasteiger partial charge is 0.462 e. The van der Waals surface area contributed by atoms with E-state index in [0.717, 1.165) is 0 Å². The smallest absolute Gasteiger partial charge is 0.303 e. The molecular formula is C24H34O8. The van der Waals surface area contributed by atoms with Crippen LogP contribution in [0.3, 0.4) is 0 Å². The molecule has 2 N–H and O–H groups in total. The number of fused-ring (bicyclic) bond motifs is 1. The van der Waals surface area contributed by atoms with Crippen molar-refractivity contribution in [3.05, 3.63) is 0 Å². The van der Waals surface area contributed by atoms with Crippen molar-refractivity contribution >= 4 is 17.7 Å². The lowest BCUT2D eigenvalue weighted by Crippen LogP contribution is -2.74. The quantitative estimate of drug-likeness (QED) is 0.619. The van der Waals surface area contributed by atoms with E-state index in [1.165, 1.54) is 13.8 Å². The van der Waals surface area contributed by atoms with Crippen molar-refractivity contribution in [3.63, 3.8) is 0 Å². The summed E-state index contributed by atoms with van der Waals surface area (Å²) >= 11 is 0. The average molecular weight is 451 g/mol. The van der Waals surface area contributed by atoms with Crippen molar-refractivity contribution in [3.8, 4) is 0 Å². The molecule has 0 unspecified atom stereocenters. The first-order chi connectivity index (χ1) is 14.8. The predicted molar refractivity (Wildman–Crippen MR) is 110 cm³/mol. The summed E-state index contributed by atoms with van der Waals surface area (Å²) in [6.07, 6.45) is -0.671. The second-order valence-electron chi connectivity index (χ2n) is 11.7. The van der Waals surface area contributed by atoms with Gasteiger partial charge in [-0.15, -0.1) is 0 Å². The van der Waals surface area contributed by atoms with E-state index in [2.05, 4.69) is 0 Å². The van der Waals surface area contributed by atoms with Gasteiger partial charge in [0.2, 0.25) is 0 Å². The zero-order valence-corrected chi connectivity index (χ0v) is 19.4. The normalized spacial score (nSPS) is 52.3. The highest BCUT2D eigenvalue weighted by atomic mass is 16.6. The molecule has 32 heavy (non-hydrogen) atoms. The first kappa shape index (κ1) is 22.3. The van der Waals surface area contributed by atoms with Gasteiger partial charge in [-0.25, -0.2) is 0 Å². The Morgan fingerprint density at radius 3 is 2.38 bits per heavy atom. The van der Waals surface area contributed by atoms with Crippen LogP contribution in [0.15, 0.2) is 0 Å². The van der Waals surface area contributed by atoms with Crippen LogP contribution in [-0.4, -0.2) is 64.6 Å². The molecule has 0 aromatic rings. The summed E-state index contributed by atoms with van der Waals surface area (Å²) in [7, 11) is 0. The van der Waals surface area contributed by atoms with Crippen LogP contribution in [0, 0.1) is 34.0 Å². The minimum absolute atomic E-state index is 0.000386. The van der Waals surface area contributed by atoms with Crippen molar-refractivity contribution in [1.29, 1.82) is 0 Å². The first-order valence-electron chi connectivity index (χ1n) is 11.7. The standard InChI is InChI=1S/C24H34O8/c1-11(26)30-17-7-16(29)21(3,4)18-14(28)9-23-8-13-6-15(19(23)22(17,18)5)32-24(13,10-25)20(23)31-12(2)27/h13,15-20,25,29H,6-10H2,1-5H3/t13-,15+,16+,17+,18-,19+,20+,22-,23+,24+/m1/s1. The summed E-state index contributed by atoms with van der Waals surface area (Å²) in [5.41, 5.74) is -3.19. The Hall–Kier alpha value is -1.51. The number of carbonyl (C=O) groups excluding carboxylic acids is 3. The van der Waals surface area contributed by atoms with Crippen LogP contribution in [0.5, 0.6) is 0 Å². The number of carbonyl (C=O) groups is 3. The summed E-state index contributed by atoms with van der Waals surface area (Å²) in [4.78, 5) is 38.1. The molecule has 0 aromatic heterocycles. The van der Waals surface area contributed by atoms with E-state index in [4.69, 9.17) is 14.2 Å². The predicted octanol–water partition coefficient (Wildman–Crippen LogP) is 1.39. The fourth-order valence-corrected chi connectivity index (χ4v) is 9.17. The molecule has 6 aliphatic rings. The van der Waals surface area contributed by atoms with Crippen molar-refractivity contribution in [2.24, 2.45) is 34.0 Å². The van der Waals surface area contributed by atoms with Gasteiger partial charge in [0.05, 0.1) is 18.8 Å². The molecule has 0 radical (unpaired) electrons. The second-order valence-corrected chi connectivity index (χ2v) is 11.7. The fraction of sp³-hybridized carbons (Fsp3) is 0.875. The number of aliphatic hydroxyl groups excluding tert-OH is 2. The van der Waals surface area contributed by atoms with E-state index in [0.29, 0.717) is 12.8 Å². The first-order valence-corrected chi connectivity index (χ1v) is 11.7. The van der Waals surface area contributed by atoms with Crippen molar-refractivity contribution in [2.45, 2.75) is 90.3 Å². The summed E-state index contributed by atoms with van der Waals surface area (Å²) < 4.78 is 18.2. The molecule has 0 amide bonds. The van der Waals surface area contributed by atoms with E-state index in [9.17, 15) is 24.6 Å². The van der Waals surface area contributed by atoms with E-state index < -0.39 is 58.0 Å². The third-order valence-electron chi connectivity index (χ3n) is 9.85. The topological polar surface area (TPSA) is 119 Å². The zero-order chi connectivity index (χ0) is 23.4. The van der Waals surface area contributed by atoms with Crippen LogP contribution in [0.25, 0.3) is 0 Å². The zero-order valence-electron chi connectivity index (χ0n) is 19.4. The van der Waals surface area contributed by atoms with E-state index >= 15 is 0 Å². The SMILES string of the molecule is CC(=O)O[C@H]1C[C@H](O)C(C)(C)[C@H]2C(=O)C[C@]34C[C@H]5C[C@H](O[C@]5(CO)[C@H]3OC(C)=O)[C@H]4[C@]12C. The Bertz CT molecular complexity index is 883. The lowest BCUT2D eigenvalue weighted by atomic mass is 9.38. The van der Waals surface area contributed by atoms with E-state index in [1.54, 1.807) is 0 Å².